The van der Waals surface area contributed by atoms with Gasteiger partial charge in [-0.1, -0.05) is 309 Å². The van der Waals surface area contributed by atoms with Crippen LogP contribution in [0, 0.1) is 0 Å². The number of hydrogen-bond donors (Lipinski definition) is 12. The fourth-order valence-electron chi connectivity index (χ4n) is 13.5. The monoisotopic (exact) mass is 1320 g/mol. The van der Waals surface area contributed by atoms with Crippen LogP contribution in [-0.2, 0) is 33.2 Å². The molecule has 3 aliphatic heterocycles. The van der Waals surface area contributed by atoms with Gasteiger partial charge in [0.05, 0.1) is 38.6 Å². The first-order valence-corrected chi connectivity index (χ1v) is 38.3. The van der Waals surface area contributed by atoms with E-state index in [1.165, 1.54) is 250 Å². The maximum atomic E-state index is 13.4. The van der Waals surface area contributed by atoms with Gasteiger partial charge in [-0.25, -0.2) is 0 Å². The van der Waals surface area contributed by atoms with Crippen LogP contribution >= 0.6 is 0 Å². The average Bonchev–Trinajstić information content (AvgIpc) is 0.811. The van der Waals surface area contributed by atoms with Gasteiger partial charge >= 0.3 is 0 Å². The molecule has 0 aromatic carbocycles. The van der Waals surface area contributed by atoms with Gasteiger partial charge in [-0.2, -0.15) is 0 Å². The average molecular weight is 1320 g/mol. The number of aliphatic hydroxyl groups excluding tert-OH is 11. The van der Waals surface area contributed by atoms with E-state index in [-0.39, 0.29) is 18.9 Å². The van der Waals surface area contributed by atoms with Gasteiger partial charge in [0, 0.05) is 6.42 Å². The number of carbonyl (C=O) groups is 1. The Kier molecular flexibility index (Phi) is 51.4. The van der Waals surface area contributed by atoms with Crippen molar-refractivity contribution in [2.75, 3.05) is 26.4 Å². The highest BCUT2D eigenvalue weighted by Crippen LogP contribution is 2.33. The lowest BCUT2D eigenvalue weighted by molar-refractivity contribution is -0.379. The summed E-state index contributed by atoms with van der Waals surface area (Å²) in [6.45, 7) is 1.84. The molecule has 17 atom stereocenters. The van der Waals surface area contributed by atoms with E-state index in [0.29, 0.717) is 12.8 Å². The Bertz CT molecular complexity index is 1670. The van der Waals surface area contributed by atoms with Crippen molar-refractivity contribution in [2.24, 2.45) is 0 Å². The summed E-state index contributed by atoms with van der Waals surface area (Å²) in [7, 11) is 0. The molecule has 1 amide bonds. The third-order valence-corrected chi connectivity index (χ3v) is 19.7. The summed E-state index contributed by atoms with van der Waals surface area (Å²) in [6.07, 6.45) is 35.1. The third-order valence-electron chi connectivity index (χ3n) is 19.7. The maximum Gasteiger partial charge on any atom is 0.220 e. The van der Waals surface area contributed by atoms with Crippen LogP contribution in [-0.4, -0.2) is 193 Å². The number of aliphatic hydroxyl groups is 11. The van der Waals surface area contributed by atoms with E-state index in [1.807, 2.05) is 0 Å². The number of unbranched alkanes of at least 4 members (excludes halogenated alkanes) is 45. The molecule has 19 heteroatoms. The van der Waals surface area contributed by atoms with Crippen LogP contribution in [0.4, 0.5) is 0 Å². The first-order valence-electron chi connectivity index (χ1n) is 38.3. The van der Waals surface area contributed by atoms with E-state index < -0.39 is 124 Å². The molecule has 3 saturated heterocycles. The van der Waals surface area contributed by atoms with E-state index >= 15 is 0 Å². The predicted octanol–water partition coefficient (Wildman–Crippen LogP) is 11.5. The smallest absolute Gasteiger partial charge is 0.220 e. The van der Waals surface area contributed by atoms with E-state index in [9.17, 15) is 61.0 Å². The van der Waals surface area contributed by atoms with Crippen LogP contribution < -0.4 is 5.32 Å². The summed E-state index contributed by atoms with van der Waals surface area (Å²) in [5, 5.41) is 121. The largest absolute Gasteiger partial charge is 0.394 e. The number of carbonyl (C=O) groups excluding carboxylic acids is 1. The molecule has 0 radical (unpaired) electrons. The number of nitrogens with one attached hydrogen (secondary N) is 1. The maximum absolute atomic E-state index is 13.4. The molecule has 3 rings (SSSR count). The summed E-state index contributed by atoms with van der Waals surface area (Å²) in [5.74, 6) is -0.235. The van der Waals surface area contributed by atoms with Crippen LogP contribution in [0.1, 0.15) is 328 Å². The van der Waals surface area contributed by atoms with Crippen molar-refractivity contribution >= 4 is 5.91 Å². The topological polar surface area (TPSA) is 307 Å². The lowest BCUT2D eigenvalue weighted by atomic mass is 9.96. The minimum Gasteiger partial charge on any atom is -0.394 e. The first-order chi connectivity index (χ1) is 44.8. The Hall–Kier alpha value is -1.21. The van der Waals surface area contributed by atoms with Gasteiger partial charge in [-0.15, -0.1) is 0 Å². The molecule has 19 nitrogen and oxygen atoms in total. The highest BCUT2D eigenvalue weighted by Gasteiger charge is 2.53. The minimum atomic E-state index is -1.97. The highest BCUT2D eigenvalue weighted by atomic mass is 16.8. The fraction of sp³-hybridized carbons (Fsp3) is 0.986. The molecule has 0 bridgehead atoms. The Morgan fingerprint density at radius 1 is 0.348 bits per heavy atom. The van der Waals surface area contributed by atoms with Crippen molar-refractivity contribution in [3.05, 3.63) is 0 Å². The van der Waals surface area contributed by atoms with Crippen molar-refractivity contribution in [3.63, 3.8) is 0 Å². The molecule has 3 aliphatic rings. The fourth-order valence-corrected chi connectivity index (χ4v) is 13.5. The summed E-state index contributed by atoms with van der Waals surface area (Å²) < 4.78 is 34.4. The second-order valence-electron chi connectivity index (χ2n) is 27.8. The van der Waals surface area contributed by atoms with Crippen LogP contribution in [0.5, 0.6) is 0 Å². The van der Waals surface area contributed by atoms with E-state index in [0.717, 1.165) is 44.9 Å². The third kappa shape index (κ3) is 36.6. The van der Waals surface area contributed by atoms with Crippen LogP contribution in [0.15, 0.2) is 0 Å². The second kappa shape index (κ2) is 55.6. The summed E-state index contributed by atoms with van der Waals surface area (Å²) >= 11 is 0. The zero-order valence-corrected chi connectivity index (χ0v) is 58.1. The highest BCUT2D eigenvalue weighted by molar-refractivity contribution is 5.76. The summed E-state index contributed by atoms with van der Waals surface area (Å²) in [5.41, 5.74) is 0. The van der Waals surface area contributed by atoms with Gasteiger partial charge in [0.1, 0.15) is 73.2 Å². The SMILES string of the molecule is CCCCCCCCCCCCCCCCCCCCCCCCCCCCCCCCCCCCC(=O)NC(COC1OC(CO)C(OC2OC(CO)C(OC3OC(CO)C(O)C(O)C3O)C(O)C2O)C(O)C1O)C(O)CCCCCCCCCCCCCCC. The van der Waals surface area contributed by atoms with Crippen molar-refractivity contribution in [3.8, 4) is 0 Å². The summed E-state index contributed by atoms with van der Waals surface area (Å²) in [6, 6.07) is -0.881. The van der Waals surface area contributed by atoms with E-state index in [2.05, 4.69) is 19.2 Å². The van der Waals surface area contributed by atoms with Crippen molar-refractivity contribution in [2.45, 2.75) is 433 Å². The van der Waals surface area contributed by atoms with E-state index in [1.54, 1.807) is 0 Å². The molecule has 546 valence electrons. The molecule has 92 heavy (non-hydrogen) atoms. The lowest BCUT2D eigenvalue weighted by Crippen LogP contribution is -2.66. The van der Waals surface area contributed by atoms with Crippen molar-refractivity contribution in [1.29, 1.82) is 0 Å². The number of amides is 1. The number of hydrogen-bond acceptors (Lipinski definition) is 18. The molecular weight excluding hydrogens is 1180 g/mol. The van der Waals surface area contributed by atoms with E-state index in [4.69, 9.17) is 28.4 Å². The normalized spacial score (nSPS) is 27.6. The zero-order valence-electron chi connectivity index (χ0n) is 58.1. The molecule has 0 aromatic heterocycles. The second-order valence-corrected chi connectivity index (χ2v) is 27.8. The van der Waals surface area contributed by atoms with Crippen LogP contribution in [0.3, 0.4) is 0 Å². The molecule has 0 spiro atoms. The van der Waals surface area contributed by atoms with Crippen LogP contribution in [0.25, 0.3) is 0 Å². The van der Waals surface area contributed by atoms with Gasteiger partial charge in [-0.05, 0) is 12.8 Å². The lowest BCUT2D eigenvalue weighted by Gasteiger charge is -2.48. The molecule has 0 aliphatic carbocycles. The Labute approximate surface area is 557 Å². The molecule has 12 N–H and O–H groups in total. The molecule has 3 fully saturated rings. The van der Waals surface area contributed by atoms with Crippen molar-refractivity contribution in [1.82, 2.24) is 5.32 Å². The van der Waals surface area contributed by atoms with Gasteiger partial charge in [-0.3, -0.25) is 4.79 Å². The summed E-state index contributed by atoms with van der Waals surface area (Å²) in [4.78, 5) is 13.4. The predicted molar refractivity (Wildman–Crippen MR) is 361 cm³/mol. The van der Waals surface area contributed by atoms with Crippen molar-refractivity contribution < 1.29 is 89.4 Å². The first kappa shape index (κ1) is 85.0. The Balaban J connectivity index is 1.31. The number of rotatable bonds is 61. The standard InChI is InChI=1S/C73H141NO18/c1-3-5-7-9-11-13-15-17-18-19-20-21-22-23-24-25-26-27-28-29-30-31-32-33-34-35-36-37-39-41-43-45-47-49-51-61(79)74-56(57(78)50-48-46-44-42-40-38-16-14-12-10-8-6-4-2)55-87-71-67(85)64(82)69(59(53-76)89-71)92-73-68(86)65(83)70(60(54-77)90-73)91-72-66(84)63(81)62(80)58(52-75)88-72/h56-60,62-73,75-78,80-86H,3-55H2,1-2H3,(H,74,79). The van der Waals surface area contributed by atoms with Gasteiger partial charge < -0.3 is 89.9 Å². The zero-order chi connectivity index (χ0) is 66.8. The molecule has 0 aromatic rings. The van der Waals surface area contributed by atoms with Gasteiger partial charge in [0.2, 0.25) is 5.91 Å². The van der Waals surface area contributed by atoms with Gasteiger partial charge in [0.25, 0.3) is 0 Å². The Morgan fingerprint density at radius 3 is 0.946 bits per heavy atom. The minimum absolute atomic E-state index is 0.235. The molecule has 0 saturated carbocycles. The molecule has 3 heterocycles. The molecular formula is C73H141NO18. The number of ether oxygens (including phenoxy) is 6. The quantitative estimate of drug-likeness (QED) is 0.0252. The van der Waals surface area contributed by atoms with Gasteiger partial charge in [0.15, 0.2) is 18.9 Å². The molecule has 17 unspecified atom stereocenters. The van der Waals surface area contributed by atoms with Crippen LogP contribution in [0.2, 0.25) is 0 Å². The Morgan fingerprint density at radius 2 is 0.620 bits per heavy atom.